The molecule has 0 fully saturated rings. The first kappa shape index (κ1) is 13.4. The van der Waals surface area contributed by atoms with Gasteiger partial charge >= 0.3 is 5.97 Å². The number of benzene rings is 1. The van der Waals surface area contributed by atoms with Gasteiger partial charge < -0.3 is 15.0 Å². The quantitative estimate of drug-likeness (QED) is 0.727. The molecule has 0 bridgehead atoms. The molecule has 2 heterocycles. The van der Waals surface area contributed by atoms with Crippen LogP contribution in [0.15, 0.2) is 36.8 Å². The summed E-state index contributed by atoms with van der Waals surface area (Å²) in [5.74, 6) is 0.175. The van der Waals surface area contributed by atoms with Crippen molar-refractivity contribution in [3.63, 3.8) is 0 Å². The average Bonchev–Trinajstić information content (AvgIpc) is 2.98. The first-order valence-electron chi connectivity index (χ1n) is 6.12. The van der Waals surface area contributed by atoms with Crippen LogP contribution in [0.25, 0.3) is 11.0 Å². The van der Waals surface area contributed by atoms with E-state index in [9.17, 15) is 4.79 Å². The number of ether oxygens (including phenoxy) is 1. The third kappa shape index (κ3) is 2.53. The number of esters is 1. The molecule has 0 unspecified atom stereocenters. The molecule has 21 heavy (non-hydrogen) atoms. The van der Waals surface area contributed by atoms with Crippen molar-refractivity contribution in [1.82, 2.24) is 15.0 Å². The van der Waals surface area contributed by atoms with Crippen molar-refractivity contribution < 1.29 is 9.53 Å². The summed E-state index contributed by atoms with van der Waals surface area (Å²) in [4.78, 5) is 22.9. The van der Waals surface area contributed by atoms with Gasteiger partial charge in [0.1, 0.15) is 17.8 Å². The Hall–Kier alpha value is -2.60. The summed E-state index contributed by atoms with van der Waals surface area (Å²) < 4.78 is 4.70. The van der Waals surface area contributed by atoms with Crippen molar-refractivity contribution >= 4 is 40.1 Å². The summed E-state index contributed by atoms with van der Waals surface area (Å²) in [6.45, 7) is 0. The van der Waals surface area contributed by atoms with Gasteiger partial charge in [0, 0.05) is 6.20 Å². The molecular formula is C14H11ClN4O2. The molecule has 0 spiro atoms. The van der Waals surface area contributed by atoms with E-state index in [1.807, 2.05) is 6.07 Å². The van der Waals surface area contributed by atoms with Crippen molar-refractivity contribution in [2.75, 3.05) is 12.4 Å². The molecule has 0 atom stereocenters. The molecule has 0 aliphatic rings. The van der Waals surface area contributed by atoms with Crippen molar-refractivity contribution in [2.24, 2.45) is 0 Å². The molecule has 0 saturated carbocycles. The number of hydrogen-bond donors (Lipinski definition) is 2. The normalized spacial score (nSPS) is 10.6. The summed E-state index contributed by atoms with van der Waals surface area (Å²) in [6, 6.07) is 6.71. The smallest absolute Gasteiger partial charge is 0.337 e. The summed E-state index contributed by atoms with van der Waals surface area (Å²) in [6.07, 6.45) is 3.22. The van der Waals surface area contributed by atoms with E-state index in [-0.39, 0.29) is 0 Å². The highest BCUT2D eigenvalue weighted by Crippen LogP contribution is 2.28. The molecule has 3 rings (SSSR count). The average molecular weight is 303 g/mol. The Balaban J connectivity index is 2.01. The number of anilines is 2. The van der Waals surface area contributed by atoms with E-state index in [1.165, 1.54) is 13.4 Å². The number of carbonyl (C=O) groups excluding carboxylic acids is 1. The second-order valence-electron chi connectivity index (χ2n) is 4.27. The van der Waals surface area contributed by atoms with Gasteiger partial charge in [-0.25, -0.2) is 14.8 Å². The van der Waals surface area contributed by atoms with E-state index < -0.39 is 5.97 Å². The zero-order valence-corrected chi connectivity index (χ0v) is 11.8. The lowest BCUT2D eigenvalue weighted by Gasteiger charge is -2.09. The van der Waals surface area contributed by atoms with E-state index in [0.29, 0.717) is 27.7 Å². The molecular weight excluding hydrogens is 292 g/mol. The van der Waals surface area contributed by atoms with Crippen molar-refractivity contribution in [3.8, 4) is 0 Å². The minimum absolute atomic E-state index is 0.406. The van der Waals surface area contributed by atoms with Gasteiger partial charge in [0.05, 0.1) is 28.8 Å². The molecule has 3 aromatic rings. The summed E-state index contributed by atoms with van der Waals surface area (Å²) >= 11 is 6.15. The van der Waals surface area contributed by atoms with Crippen molar-refractivity contribution in [2.45, 2.75) is 0 Å². The van der Waals surface area contributed by atoms with Crippen LogP contribution in [0, 0.1) is 0 Å². The highest BCUT2D eigenvalue weighted by atomic mass is 35.5. The predicted molar refractivity (Wildman–Crippen MR) is 80.0 cm³/mol. The lowest BCUT2D eigenvalue weighted by molar-refractivity contribution is 0.0601. The maximum absolute atomic E-state index is 11.6. The number of carbonyl (C=O) groups is 1. The van der Waals surface area contributed by atoms with Crippen LogP contribution in [0.2, 0.25) is 5.02 Å². The van der Waals surface area contributed by atoms with Crippen LogP contribution < -0.4 is 5.32 Å². The summed E-state index contributed by atoms with van der Waals surface area (Å²) in [5, 5.41) is 4.42. The van der Waals surface area contributed by atoms with Gasteiger partial charge in [-0.05, 0) is 24.3 Å². The Morgan fingerprint density at radius 2 is 2.19 bits per heavy atom. The van der Waals surface area contributed by atoms with Crippen molar-refractivity contribution in [1.29, 1.82) is 0 Å². The first-order valence-corrected chi connectivity index (χ1v) is 6.50. The van der Waals surface area contributed by atoms with Gasteiger partial charge in [-0.3, -0.25) is 0 Å². The molecule has 1 aromatic carbocycles. The zero-order valence-electron chi connectivity index (χ0n) is 11.1. The molecule has 7 heteroatoms. The number of methoxy groups -OCH3 is 1. The fourth-order valence-electron chi connectivity index (χ4n) is 1.97. The SMILES string of the molecule is COC(=O)c1ccc(Cl)c(Nc2ncnc3[nH]ccc23)c1. The Labute approximate surface area is 125 Å². The van der Waals surface area contributed by atoms with Gasteiger partial charge in [-0.2, -0.15) is 0 Å². The number of hydrogen-bond acceptors (Lipinski definition) is 5. The maximum atomic E-state index is 11.6. The standard InChI is InChI=1S/C14H11ClN4O2/c1-21-14(20)8-2-3-10(15)11(6-8)19-13-9-4-5-16-12(9)17-7-18-13/h2-7H,1H3,(H2,16,17,18,19). The number of aromatic nitrogens is 3. The second kappa shape index (κ2) is 5.41. The van der Waals surface area contributed by atoms with Crippen LogP contribution in [-0.2, 0) is 4.74 Å². The van der Waals surface area contributed by atoms with E-state index >= 15 is 0 Å². The number of aromatic amines is 1. The van der Waals surface area contributed by atoms with Crippen LogP contribution in [-0.4, -0.2) is 28.0 Å². The van der Waals surface area contributed by atoms with Crippen LogP contribution in [0.4, 0.5) is 11.5 Å². The fraction of sp³-hybridized carbons (Fsp3) is 0.0714. The number of H-pyrrole nitrogens is 1. The van der Waals surface area contributed by atoms with Gasteiger partial charge in [0.15, 0.2) is 0 Å². The number of fused-ring (bicyclic) bond motifs is 1. The van der Waals surface area contributed by atoms with Gasteiger partial charge in [-0.15, -0.1) is 0 Å². The van der Waals surface area contributed by atoms with E-state index in [0.717, 1.165) is 5.39 Å². The molecule has 2 N–H and O–H groups in total. The van der Waals surface area contributed by atoms with Crippen LogP contribution >= 0.6 is 11.6 Å². The van der Waals surface area contributed by atoms with E-state index in [4.69, 9.17) is 16.3 Å². The summed E-state index contributed by atoms with van der Waals surface area (Å²) in [5.41, 5.74) is 1.69. The molecule has 0 radical (unpaired) electrons. The minimum atomic E-state index is -0.427. The Morgan fingerprint density at radius 3 is 3.00 bits per heavy atom. The lowest BCUT2D eigenvalue weighted by Crippen LogP contribution is -2.03. The number of halogens is 1. The molecule has 0 saturated heterocycles. The zero-order chi connectivity index (χ0) is 14.8. The topological polar surface area (TPSA) is 79.9 Å². The second-order valence-corrected chi connectivity index (χ2v) is 4.68. The monoisotopic (exact) mass is 302 g/mol. The molecule has 106 valence electrons. The minimum Gasteiger partial charge on any atom is -0.465 e. The maximum Gasteiger partial charge on any atom is 0.337 e. The summed E-state index contributed by atoms with van der Waals surface area (Å²) in [7, 11) is 1.33. The fourth-order valence-corrected chi connectivity index (χ4v) is 2.13. The Morgan fingerprint density at radius 1 is 1.33 bits per heavy atom. The molecule has 6 nitrogen and oxygen atoms in total. The Bertz CT molecular complexity index is 816. The largest absolute Gasteiger partial charge is 0.465 e. The van der Waals surface area contributed by atoms with E-state index in [2.05, 4.69) is 20.3 Å². The lowest BCUT2D eigenvalue weighted by atomic mass is 10.2. The molecule has 0 aliphatic carbocycles. The number of rotatable bonds is 3. The molecule has 0 amide bonds. The van der Waals surface area contributed by atoms with Crippen LogP contribution in [0.5, 0.6) is 0 Å². The van der Waals surface area contributed by atoms with Gasteiger partial charge in [-0.1, -0.05) is 11.6 Å². The van der Waals surface area contributed by atoms with Gasteiger partial charge in [0.2, 0.25) is 0 Å². The van der Waals surface area contributed by atoms with Gasteiger partial charge in [0.25, 0.3) is 0 Å². The highest BCUT2D eigenvalue weighted by Gasteiger charge is 2.11. The number of nitrogens with one attached hydrogen (secondary N) is 2. The van der Waals surface area contributed by atoms with Crippen LogP contribution in [0.3, 0.4) is 0 Å². The van der Waals surface area contributed by atoms with E-state index in [1.54, 1.807) is 24.4 Å². The predicted octanol–water partition coefficient (Wildman–Crippen LogP) is 3.14. The third-order valence-corrected chi connectivity index (χ3v) is 3.32. The Kier molecular flexibility index (Phi) is 3.45. The van der Waals surface area contributed by atoms with Crippen molar-refractivity contribution in [3.05, 3.63) is 47.4 Å². The molecule has 0 aliphatic heterocycles. The third-order valence-electron chi connectivity index (χ3n) is 2.99. The van der Waals surface area contributed by atoms with Crippen LogP contribution in [0.1, 0.15) is 10.4 Å². The molecule has 2 aromatic heterocycles. The highest BCUT2D eigenvalue weighted by molar-refractivity contribution is 6.33. The first-order chi connectivity index (χ1) is 10.2. The number of nitrogens with zero attached hydrogens (tertiary/aromatic N) is 2.